The van der Waals surface area contributed by atoms with Gasteiger partial charge in [-0.3, -0.25) is 5.32 Å². The molecule has 1 aliphatic heterocycles. The lowest BCUT2D eigenvalue weighted by Crippen LogP contribution is -2.37. The summed E-state index contributed by atoms with van der Waals surface area (Å²) in [4.78, 5) is 14.3. The first-order valence-corrected chi connectivity index (χ1v) is 8.86. The van der Waals surface area contributed by atoms with Gasteiger partial charge in [-0.25, -0.2) is 4.79 Å². The maximum absolute atomic E-state index is 12.5. The van der Waals surface area contributed by atoms with E-state index in [0.29, 0.717) is 31.4 Å². The molecule has 130 valence electrons. The number of ether oxygens (including phenoxy) is 1. The van der Waals surface area contributed by atoms with Crippen LogP contribution in [0.15, 0.2) is 42.5 Å². The molecule has 1 atom stereocenters. The van der Waals surface area contributed by atoms with Gasteiger partial charge in [0.1, 0.15) is 0 Å². The van der Waals surface area contributed by atoms with Crippen LogP contribution in [0.2, 0.25) is 0 Å². The van der Waals surface area contributed by atoms with Crippen LogP contribution in [0.1, 0.15) is 42.5 Å². The maximum Gasteiger partial charge on any atom is 0.323 e. The minimum absolute atomic E-state index is 0.0385. The van der Waals surface area contributed by atoms with Crippen LogP contribution in [0.5, 0.6) is 0 Å². The predicted molar refractivity (Wildman–Crippen MR) is 94.4 cm³/mol. The van der Waals surface area contributed by atoms with Gasteiger partial charge in [0.15, 0.2) is 5.82 Å². The second-order valence-electron chi connectivity index (χ2n) is 6.59. The van der Waals surface area contributed by atoms with Crippen molar-refractivity contribution in [3.63, 3.8) is 0 Å². The lowest BCUT2D eigenvalue weighted by atomic mass is 10.1. The van der Waals surface area contributed by atoms with E-state index in [9.17, 15) is 4.79 Å². The summed E-state index contributed by atoms with van der Waals surface area (Å²) in [5, 5.41) is 11.2. The number of nitrogens with zero attached hydrogens (tertiary/aromatic N) is 3. The highest BCUT2D eigenvalue weighted by molar-refractivity contribution is 5.88. The number of amides is 2. The lowest BCUT2D eigenvalue weighted by molar-refractivity contribution is 0.0627. The molecule has 1 unspecified atom stereocenters. The Kier molecular flexibility index (Phi) is 4.61. The average Bonchev–Trinajstić information content (AvgIpc) is 3.50. The number of carbonyl (C=O) groups excluding carboxylic acids is 1. The third kappa shape index (κ3) is 3.96. The van der Waals surface area contributed by atoms with Crippen LogP contribution in [-0.2, 0) is 4.74 Å². The van der Waals surface area contributed by atoms with Crippen molar-refractivity contribution in [3.05, 3.63) is 53.7 Å². The van der Waals surface area contributed by atoms with E-state index in [1.54, 1.807) is 4.90 Å². The third-order valence-electron chi connectivity index (χ3n) is 4.72. The molecular formula is C19H22N4O2. The van der Waals surface area contributed by atoms with Gasteiger partial charge in [0.2, 0.25) is 0 Å². The Bertz CT molecular complexity index is 716. The molecule has 0 bridgehead atoms. The highest BCUT2D eigenvalue weighted by atomic mass is 16.5. The number of hydrogen-bond donors (Lipinski definition) is 1. The molecule has 2 fully saturated rings. The molecule has 1 aliphatic carbocycles. The summed E-state index contributed by atoms with van der Waals surface area (Å²) in [6.07, 6.45) is 3.20. The summed E-state index contributed by atoms with van der Waals surface area (Å²) in [7, 11) is 0. The Morgan fingerprint density at radius 2 is 1.88 bits per heavy atom. The van der Waals surface area contributed by atoms with Crippen molar-refractivity contribution < 1.29 is 9.53 Å². The van der Waals surface area contributed by atoms with Crippen LogP contribution in [0.25, 0.3) is 0 Å². The standard InChI is InChI=1S/C19H22N4O2/c24-19(20-18-9-8-16(21-22-18)14-6-7-14)23-11-10-17(25-13-12-23)15-4-2-1-3-5-15/h1-5,8-9,14,17H,6-7,10-13H2,(H,20,22,24). The molecule has 2 heterocycles. The number of hydrogen-bond acceptors (Lipinski definition) is 4. The van der Waals surface area contributed by atoms with E-state index in [1.807, 2.05) is 30.3 Å². The Labute approximate surface area is 147 Å². The van der Waals surface area contributed by atoms with Crippen LogP contribution in [0, 0.1) is 0 Å². The molecule has 0 radical (unpaired) electrons. The summed E-state index contributed by atoms with van der Waals surface area (Å²) in [6.45, 7) is 1.75. The van der Waals surface area contributed by atoms with Gasteiger partial charge in [0.05, 0.1) is 18.4 Å². The number of anilines is 1. The van der Waals surface area contributed by atoms with Gasteiger partial charge in [-0.2, -0.15) is 5.10 Å². The molecule has 6 heteroatoms. The van der Waals surface area contributed by atoms with E-state index in [4.69, 9.17) is 4.74 Å². The van der Waals surface area contributed by atoms with Crippen molar-refractivity contribution >= 4 is 11.8 Å². The summed E-state index contributed by atoms with van der Waals surface area (Å²) < 4.78 is 5.92. The normalized spacial score (nSPS) is 20.8. The van der Waals surface area contributed by atoms with Crippen LogP contribution in [-0.4, -0.2) is 40.8 Å². The molecule has 1 saturated heterocycles. The molecule has 2 aliphatic rings. The zero-order chi connectivity index (χ0) is 17.1. The second kappa shape index (κ2) is 7.19. The minimum atomic E-state index is -0.147. The van der Waals surface area contributed by atoms with Gasteiger partial charge in [-0.05, 0) is 37.0 Å². The summed E-state index contributed by atoms with van der Waals surface area (Å²) in [5.74, 6) is 1.06. The van der Waals surface area contributed by atoms with Crippen molar-refractivity contribution in [3.8, 4) is 0 Å². The zero-order valence-electron chi connectivity index (χ0n) is 14.1. The summed E-state index contributed by atoms with van der Waals surface area (Å²) in [5.41, 5.74) is 2.18. The van der Waals surface area contributed by atoms with Gasteiger partial charge in [0, 0.05) is 19.0 Å². The zero-order valence-corrected chi connectivity index (χ0v) is 14.1. The number of aromatic nitrogens is 2. The second-order valence-corrected chi connectivity index (χ2v) is 6.59. The van der Waals surface area contributed by atoms with Crippen molar-refractivity contribution in [2.75, 3.05) is 25.0 Å². The van der Waals surface area contributed by atoms with Crippen molar-refractivity contribution in [2.24, 2.45) is 0 Å². The highest BCUT2D eigenvalue weighted by Gasteiger charge is 2.26. The Morgan fingerprint density at radius 3 is 2.60 bits per heavy atom. The quantitative estimate of drug-likeness (QED) is 0.932. The molecule has 2 aromatic rings. The van der Waals surface area contributed by atoms with E-state index in [0.717, 1.165) is 17.7 Å². The molecule has 2 amide bonds. The highest BCUT2D eigenvalue weighted by Crippen LogP contribution is 2.38. The molecule has 1 N–H and O–H groups in total. The van der Waals surface area contributed by atoms with E-state index >= 15 is 0 Å². The van der Waals surface area contributed by atoms with Crippen molar-refractivity contribution in [2.45, 2.75) is 31.3 Å². The van der Waals surface area contributed by atoms with Gasteiger partial charge in [-0.1, -0.05) is 30.3 Å². The number of carbonyl (C=O) groups is 1. The minimum Gasteiger partial charge on any atom is -0.372 e. The van der Waals surface area contributed by atoms with Crippen molar-refractivity contribution in [1.82, 2.24) is 15.1 Å². The van der Waals surface area contributed by atoms with Crippen LogP contribution >= 0.6 is 0 Å². The molecule has 4 rings (SSSR count). The fourth-order valence-corrected chi connectivity index (χ4v) is 3.10. The van der Waals surface area contributed by atoms with Gasteiger partial charge in [-0.15, -0.1) is 5.10 Å². The molecule has 1 saturated carbocycles. The van der Waals surface area contributed by atoms with Gasteiger partial charge in [0.25, 0.3) is 0 Å². The number of nitrogens with one attached hydrogen (secondary N) is 1. The first-order chi connectivity index (χ1) is 12.3. The number of urea groups is 1. The van der Waals surface area contributed by atoms with E-state index in [2.05, 4.69) is 27.6 Å². The molecule has 0 spiro atoms. The van der Waals surface area contributed by atoms with Gasteiger partial charge < -0.3 is 9.64 Å². The van der Waals surface area contributed by atoms with E-state index < -0.39 is 0 Å². The van der Waals surface area contributed by atoms with Gasteiger partial charge >= 0.3 is 6.03 Å². The SMILES string of the molecule is O=C(Nc1ccc(C2CC2)nn1)N1CCOC(c2ccccc2)CC1. The first-order valence-electron chi connectivity index (χ1n) is 8.86. The number of benzene rings is 1. The Hall–Kier alpha value is -2.47. The maximum atomic E-state index is 12.5. The largest absolute Gasteiger partial charge is 0.372 e. The summed E-state index contributed by atoms with van der Waals surface area (Å²) >= 11 is 0. The first kappa shape index (κ1) is 16.0. The Balaban J connectivity index is 1.34. The van der Waals surface area contributed by atoms with E-state index in [1.165, 1.54) is 12.8 Å². The monoisotopic (exact) mass is 338 g/mol. The molecule has 1 aromatic heterocycles. The molecule has 25 heavy (non-hydrogen) atoms. The summed E-state index contributed by atoms with van der Waals surface area (Å²) in [6, 6.07) is 13.8. The third-order valence-corrected chi connectivity index (χ3v) is 4.72. The Morgan fingerprint density at radius 1 is 1.04 bits per heavy atom. The smallest absolute Gasteiger partial charge is 0.323 e. The predicted octanol–water partition coefficient (Wildman–Crippen LogP) is 3.35. The molecular weight excluding hydrogens is 316 g/mol. The topological polar surface area (TPSA) is 67.4 Å². The van der Waals surface area contributed by atoms with E-state index in [-0.39, 0.29) is 12.1 Å². The fourth-order valence-electron chi connectivity index (χ4n) is 3.10. The average molecular weight is 338 g/mol. The van der Waals surface area contributed by atoms with Crippen molar-refractivity contribution in [1.29, 1.82) is 0 Å². The van der Waals surface area contributed by atoms with Crippen LogP contribution in [0.4, 0.5) is 10.6 Å². The van der Waals surface area contributed by atoms with Crippen LogP contribution < -0.4 is 5.32 Å². The number of rotatable bonds is 3. The fraction of sp³-hybridized carbons (Fsp3) is 0.421. The lowest BCUT2D eigenvalue weighted by Gasteiger charge is -2.20. The van der Waals surface area contributed by atoms with Crippen LogP contribution in [0.3, 0.4) is 0 Å². The molecule has 6 nitrogen and oxygen atoms in total. The molecule has 1 aromatic carbocycles.